The number of amides is 2. The van der Waals surface area contributed by atoms with Gasteiger partial charge in [0.15, 0.2) is 5.82 Å². The van der Waals surface area contributed by atoms with E-state index in [0.29, 0.717) is 5.82 Å². The number of hydrogen-bond donors (Lipinski definition) is 4. The molecule has 4 rings (SSSR count). The number of nitrogens with one attached hydrogen (secondary N) is 4. The largest absolute Gasteiger partial charge is 0.376 e. The minimum Gasteiger partial charge on any atom is -0.376 e. The van der Waals surface area contributed by atoms with Crippen LogP contribution in [0, 0.1) is 0 Å². The van der Waals surface area contributed by atoms with Gasteiger partial charge in [-0.25, -0.2) is 9.78 Å². The van der Waals surface area contributed by atoms with Crippen LogP contribution >= 0.6 is 0 Å². The van der Waals surface area contributed by atoms with Crippen molar-refractivity contribution in [1.82, 2.24) is 20.5 Å². The lowest BCUT2D eigenvalue weighted by Gasteiger charge is -2.24. The summed E-state index contributed by atoms with van der Waals surface area (Å²) in [5.41, 5.74) is 1.82. The van der Waals surface area contributed by atoms with E-state index in [4.69, 9.17) is 4.74 Å². The number of aromatic nitrogens is 3. The van der Waals surface area contributed by atoms with Gasteiger partial charge in [0.25, 0.3) is 0 Å². The van der Waals surface area contributed by atoms with Crippen LogP contribution in [-0.2, 0) is 4.74 Å². The highest BCUT2D eigenvalue weighted by atomic mass is 16.5. The second-order valence-electron chi connectivity index (χ2n) is 6.48. The van der Waals surface area contributed by atoms with E-state index < -0.39 is 0 Å². The predicted octanol–water partition coefficient (Wildman–Crippen LogP) is 3.04. The molecule has 8 nitrogen and oxygen atoms in total. The Kier molecular flexibility index (Phi) is 4.88. The van der Waals surface area contributed by atoms with Gasteiger partial charge in [-0.15, -0.1) is 0 Å². The maximum Gasteiger partial charge on any atom is 0.320 e. The zero-order chi connectivity index (χ0) is 18.6. The molecule has 0 radical (unpaired) electrons. The molecule has 3 heterocycles. The summed E-state index contributed by atoms with van der Waals surface area (Å²) in [6, 6.07) is 11.1. The molecule has 27 heavy (non-hydrogen) atoms. The summed E-state index contributed by atoms with van der Waals surface area (Å²) in [7, 11) is 1.80. The van der Waals surface area contributed by atoms with Crippen molar-refractivity contribution in [3.63, 3.8) is 0 Å². The zero-order valence-corrected chi connectivity index (χ0v) is 15.0. The van der Waals surface area contributed by atoms with Gasteiger partial charge < -0.3 is 15.4 Å². The molecule has 2 amide bonds. The van der Waals surface area contributed by atoms with Crippen LogP contribution in [-0.4, -0.2) is 41.0 Å². The van der Waals surface area contributed by atoms with Gasteiger partial charge in [0.05, 0.1) is 23.0 Å². The Bertz CT molecular complexity index is 920. The number of nitrogens with zero attached hydrogens (tertiary/aromatic N) is 2. The van der Waals surface area contributed by atoms with Gasteiger partial charge in [0, 0.05) is 25.9 Å². The van der Waals surface area contributed by atoms with Crippen LogP contribution in [0.4, 0.5) is 16.4 Å². The van der Waals surface area contributed by atoms with E-state index in [1.807, 2.05) is 30.3 Å². The van der Waals surface area contributed by atoms with Gasteiger partial charge in [-0.2, -0.15) is 5.10 Å². The van der Waals surface area contributed by atoms with Crippen LogP contribution in [0.1, 0.15) is 24.4 Å². The molecule has 0 bridgehead atoms. The van der Waals surface area contributed by atoms with E-state index in [2.05, 4.69) is 31.1 Å². The number of H-pyrrole nitrogens is 1. The quantitative estimate of drug-likeness (QED) is 0.556. The Hall–Kier alpha value is -3.13. The van der Waals surface area contributed by atoms with Gasteiger partial charge in [-0.05, 0) is 18.4 Å². The molecule has 1 unspecified atom stereocenters. The monoisotopic (exact) mass is 366 g/mol. The van der Waals surface area contributed by atoms with Crippen molar-refractivity contribution >= 4 is 28.6 Å². The van der Waals surface area contributed by atoms with Crippen molar-refractivity contribution in [2.24, 2.45) is 0 Å². The highest BCUT2D eigenvalue weighted by Gasteiger charge is 2.28. The summed E-state index contributed by atoms with van der Waals surface area (Å²) in [6.07, 6.45) is 3.57. The number of rotatable bonds is 5. The fourth-order valence-corrected chi connectivity index (χ4v) is 3.38. The second-order valence-corrected chi connectivity index (χ2v) is 6.48. The Morgan fingerprint density at radius 2 is 2.19 bits per heavy atom. The molecule has 3 aromatic rings. The summed E-state index contributed by atoms with van der Waals surface area (Å²) >= 11 is 0. The molecule has 2 aromatic heterocycles. The summed E-state index contributed by atoms with van der Waals surface area (Å²) in [4.78, 5) is 16.9. The first kappa shape index (κ1) is 17.3. The van der Waals surface area contributed by atoms with Crippen molar-refractivity contribution in [2.45, 2.75) is 25.0 Å². The topological polar surface area (TPSA) is 104 Å². The molecule has 0 spiro atoms. The van der Waals surface area contributed by atoms with E-state index in [1.54, 1.807) is 19.3 Å². The smallest absolute Gasteiger partial charge is 0.320 e. The number of aromatic amines is 1. The lowest BCUT2D eigenvalue weighted by molar-refractivity contribution is 0.0815. The third-order valence-corrected chi connectivity index (χ3v) is 4.71. The highest BCUT2D eigenvalue weighted by molar-refractivity contribution is 5.94. The minimum absolute atomic E-state index is 0.0283. The molecular weight excluding hydrogens is 344 g/mol. The SMILES string of the molecule is CNc1n[nH]c2cc(NC(=O)N[C@H](c3ccccc3)C3CCCO3)ncc12. The van der Waals surface area contributed by atoms with Gasteiger partial charge in [0.2, 0.25) is 0 Å². The minimum atomic E-state index is -0.320. The van der Waals surface area contributed by atoms with Crippen LogP contribution in [0.15, 0.2) is 42.6 Å². The maximum atomic E-state index is 12.6. The summed E-state index contributed by atoms with van der Waals surface area (Å²) in [5, 5.41) is 16.8. The van der Waals surface area contributed by atoms with Crippen LogP contribution in [0.5, 0.6) is 0 Å². The van der Waals surface area contributed by atoms with Crippen LogP contribution < -0.4 is 16.0 Å². The first-order valence-electron chi connectivity index (χ1n) is 9.00. The summed E-state index contributed by atoms with van der Waals surface area (Å²) in [6.45, 7) is 0.725. The number of carbonyl (C=O) groups excluding carboxylic acids is 1. The number of anilines is 2. The molecule has 0 saturated carbocycles. The van der Waals surface area contributed by atoms with E-state index in [9.17, 15) is 4.79 Å². The zero-order valence-electron chi connectivity index (χ0n) is 15.0. The van der Waals surface area contributed by atoms with Gasteiger partial charge in [-0.1, -0.05) is 30.3 Å². The maximum absolute atomic E-state index is 12.6. The third-order valence-electron chi connectivity index (χ3n) is 4.71. The normalized spacial score (nSPS) is 17.6. The molecular formula is C19H22N6O2. The van der Waals surface area contributed by atoms with Crippen LogP contribution in [0.3, 0.4) is 0 Å². The van der Waals surface area contributed by atoms with Crippen molar-refractivity contribution in [3.8, 4) is 0 Å². The van der Waals surface area contributed by atoms with Gasteiger partial charge in [0.1, 0.15) is 5.82 Å². The van der Waals surface area contributed by atoms with Gasteiger partial charge >= 0.3 is 6.03 Å². The molecule has 140 valence electrons. The van der Waals surface area contributed by atoms with Gasteiger partial charge in [-0.3, -0.25) is 10.4 Å². The molecule has 4 N–H and O–H groups in total. The number of urea groups is 1. The number of hydrogen-bond acceptors (Lipinski definition) is 5. The van der Waals surface area contributed by atoms with Crippen molar-refractivity contribution < 1.29 is 9.53 Å². The first-order chi connectivity index (χ1) is 13.2. The summed E-state index contributed by atoms with van der Waals surface area (Å²) in [5.74, 6) is 1.17. The van der Waals surface area contributed by atoms with Crippen LogP contribution in [0.25, 0.3) is 10.9 Å². The van der Waals surface area contributed by atoms with Crippen molar-refractivity contribution in [1.29, 1.82) is 0 Å². The molecule has 1 fully saturated rings. The van der Waals surface area contributed by atoms with Crippen molar-refractivity contribution in [2.75, 3.05) is 24.3 Å². The molecule has 1 aromatic carbocycles. The number of carbonyl (C=O) groups is 1. The lowest BCUT2D eigenvalue weighted by Crippen LogP contribution is -2.38. The Balaban J connectivity index is 1.49. The molecule has 1 aliphatic heterocycles. The molecule has 2 atom stereocenters. The van der Waals surface area contributed by atoms with E-state index >= 15 is 0 Å². The number of pyridine rings is 1. The fourth-order valence-electron chi connectivity index (χ4n) is 3.38. The average Bonchev–Trinajstić information content (AvgIpc) is 3.36. The number of ether oxygens (including phenoxy) is 1. The first-order valence-corrected chi connectivity index (χ1v) is 9.00. The lowest BCUT2D eigenvalue weighted by atomic mass is 9.99. The van der Waals surface area contributed by atoms with E-state index in [-0.39, 0.29) is 18.2 Å². The molecule has 0 aliphatic carbocycles. The summed E-state index contributed by atoms with van der Waals surface area (Å²) < 4.78 is 5.82. The number of fused-ring (bicyclic) bond motifs is 1. The molecule has 1 aliphatic rings. The van der Waals surface area contributed by atoms with E-state index in [1.165, 1.54) is 0 Å². The number of benzene rings is 1. The standard InChI is InChI=1S/C19H22N6O2/c1-20-18-13-11-21-16(10-14(13)24-25-18)22-19(26)23-17(15-8-5-9-27-15)12-6-3-2-4-7-12/h2-4,6-7,10-11,15,17H,5,8-9H2,1H3,(H2,20,24,25)(H2,21,22,23,26)/t15?,17-/m1/s1. The Morgan fingerprint density at radius 1 is 1.33 bits per heavy atom. The predicted molar refractivity (Wildman–Crippen MR) is 104 cm³/mol. The molecule has 1 saturated heterocycles. The van der Waals surface area contributed by atoms with Crippen LogP contribution in [0.2, 0.25) is 0 Å². The Labute approximate surface area is 156 Å². The van der Waals surface area contributed by atoms with E-state index in [0.717, 1.165) is 41.7 Å². The third kappa shape index (κ3) is 3.70. The highest BCUT2D eigenvalue weighted by Crippen LogP contribution is 2.27. The molecule has 8 heteroatoms. The van der Waals surface area contributed by atoms with Crippen molar-refractivity contribution in [3.05, 3.63) is 48.2 Å². The fraction of sp³-hybridized carbons (Fsp3) is 0.316. The Morgan fingerprint density at radius 3 is 2.93 bits per heavy atom. The second kappa shape index (κ2) is 7.63. The average molecular weight is 366 g/mol.